The molecule has 0 aliphatic heterocycles. The SMILES string of the molecule is COC(=O)c1ccc(C(=O)Nc2ccc(NC(=O)c3ccc(C(=O)OC)cc3)cc2)cc1. The quantitative estimate of drug-likeness (QED) is 0.574. The number of rotatable bonds is 6. The Hall–Kier alpha value is -4.46. The van der Waals surface area contributed by atoms with E-state index in [9.17, 15) is 19.2 Å². The van der Waals surface area contributed by atoms with E-state index in [-0.39, 0.29) is 11.8 Å². The molecular weight excluding hydrogens is 412 g/mol. The predicted octanol–water partition coefficient (Wildman–Crippen LogP) is 3.76. The normalized spacial score (nSPS) is 10.1. The largest absolute Gasteiger partial charge is 0.465 e. The molecule has 0 heterocycles. The summed E-state index contributed by atoms with van der Waals surface area (Å²) >= 11 is 0. The molecule has 32 heavy (non-hydrogen) atoms. The molecule has 0 aromatic heterocycles. The molecule has 0 saturated carbocycles. The van der Waals surface area contributed by atoms with Gasteiger partial charge in [0.05, 0.1) is 25.3 Å². The van der Waals surface area contributed by atoms with Crippen molar-refractivity contribution in [2.24, 2.45) is 0 Å². The van der Waals surface area contributed by atoms with Gasteiger partial charge in [-0.1, -0.05) is 0 Å². The van der Waals surface area contributed by atoms with Crippen LogP contribution in [0.5, 0.6) is 0 Å². The number of anilines is 2. The second kappa shape index (κ2) is 10.0. The number of ether oxygens (including phenoxy) is 2. The first-order chi connectivity index (χ1) is 15.4. The molecule has 3 aromatic carbocycles. The third-order valence-electron chi connectivity index (χ3n) is 4.54. The Bertz CT molecular complexity index is 1040. The molecule has 0 aliphatic carbocycles. The van der Waals surface area contributed by atoms with Crippen LogP contribution in [-0.2, 0) is 9.47 Å². The fourth-order valence-corrected chi connectivity index (χ4v) is 2.79. The van der Waals surface area contributed by atoms with E-state index in [1.54, 1.807) is 24.3 Å². The number of carbonyl (C=O) groups excluding carboxylic acids is 4. The first-order valence-electron chi connectivity index (χ1n) is 9.51. The van der Waals surface area contributed by atoms with Crippen molar-refractivity contribution < 1.29 is 28.7 Å². The van der Waals surface area contributed by atoms with E-state index in [1.165, 1.54) is 62.8 Å². The molecule has 8 nitrogen and oxygen atoms in total. The van der Waals surface area contributed by atoms with Crippen LogP contribution in [0.2, 0.25) is 0 Å². The van der Waals surface area contributed by atoms with Gasteiger partial charge < -0.3 is 20.1 Å². The second-order valence-electron chi connectivity index (χ2n) is 6.62. The van der Waals surface area contributed by atoms with E-state index in [4.69, 9.17) is 0 Å². The van der Waals surface area contributed by atoms with Crippen LogP contribution < -0.4 is 10.6 Å². The summed E-state index contributed by atoms with van der Waals surface area (Å²) in [5.41, 5.74) is 2.53. The Kier molecular flexibility index (Phi) is 6.97. The van der Waals surface area contributed by atoms with Gasteiger partial charge in [0, 0.05) is 22.5 Å². The minimum absolute atomic E-state index is 0.344. The van der Waals surface area contributed by atoms with Crippen molar-refractivity contribution in [1.82, 2.24) is 0 Å². The van der Waals surface area contributed by atoms with Crippen LogP contribution in [0, 0.1) is 0 Å². The lowest BCUT2D eigenvalue weighted by molar-refractivity contribution is 0.0592. The summed E-state index contributed by atoms with van der Waals surface area (Å²) in [5, 5.41) is 5.49. The molecule has 0 atom stereocenters. The van der Waals surface area contributed by atoms with Gasteiger partial charge in [0.15, 0.2) is 0 Å². The zero-order valence-electron chi connectivity index (χ0n) is 17.4. The summed E-state index contributed by atoms with van der Waals surface area (Å²) in [4.78, 5) is 47.7. The lowest BCUT2D eigenvalue weighted by Crippen LogP contribution is -2.13. The average Bonchev–Trinajstić information content (AvgIpc) is 2.84. The zero-order valence-corrected chi connectivity index (χ0v) is 17.4. The molecule has 0 unspecified atom stereocenters. The van der Waals surface area contributed by atoms with Crippen LogP contribution in [-0.4, -0.2) is 38.0 Å². The molecule has 0 fully saturated rings. The van der Waals surface area contributed by atoms with Gasteiger partial charge in [-0.05, 0) is 72.8 Å². The number of carbonyl (C=O) groups is 4. The molecule has 2 N–H and O–H groups in total. The summed E-state index contributed by atoms with van der Waals surface area (Å²) in [5.74, 6) is -1.64. The first-order valence-corrected chi connectivity index (χ1v) is 9.51. The molecular formula is C24H20N2O6. The topological polar surface area (TPSA) is 111 Å². The van der Waals surface area contributed by atoms with E-state index < -0.39 is 11.9 Å². The lowest BCUT2D eigenvalue weighted by atomic mass is 10.1. The van der Waals surface area contributed by atoms with Crippen molar-refractivity contribution in [2.75, 3.05) is 24.9 Å². The summed E-state index contributed by atoms with van der Waals surface area (Å²) in [7, 11) is 2.58. The van der Waals surface area contributed by atoms with E-state index in [0.29, 0.717) is 33.6 Å². The van der Waals surface area contributed by atoms with Crippen molar-refractivity contribution in [1.29, 1.82) is 0 Å². The second-order valence-corrected chi connectivity index (χ2v) is 6.62. The Balaban J connectivity index is 1.59. The summed E-state index contributed by atoms with van der Waals surface area (Å²) in [6, 6.07) is 18.8. The maximum atomic E-state index is 12.4. The van der Waals surface area contributed by atoms with E-state index in [2.05, 4.69) is 20.1 Å². The van der Waals surface area contributed by atoms with E-state index in [0.717, 1.165) is 0 Å². The molecule has 0 spiro atoms. The molecule has 162 valence electrons. The monoisotopic (exact) mass is 432 g/mol. The zero-order chi connectivity index (χ0) is 23.1. The van der Waals surface area contributed by atoms with Crippen molar-refractivity contribution in [3.63, 3.8) is 0 Å². The molecule has 2 amide bonds. The first kappa shape index (κ1) is 22.2. The standard InChI is InChI=1S/C24H20N2O6/c1-31-23(29)17-7-3-15(4-8-17)21(27)25-19-11-13-20(14-12-19)26-22(28)16-5-9-18(10-6-16)24(30)32-2/h3-14H,1-2H3,(H,25,27)(H,26,28). The minimum atomic E-state index is -0.478. The Labute approximate surface area is 184 Å². The summed E-state index contributed by atoms with van der Waals surface area (Å²) in [6.45, 7) is 0. The summed E-state index contributed by atoms with van der Waals surface area (Å²) < 4.78 is 9.26. The lowest BCUT2D eigenvalue weighted by Gasteiger charge is -2.09. The van der Waals surface area contributed by atoms with Crippen LogP contribution in [0.15, 0.2) is 72.8 Å². The van der Waals surface area contributed by atoms with Gasteiger partial charge in [-0.15, -0.1) is 0 Å². The highest BCUT2D eigenvalue weighted by Gasteiger charge is 2.11. The smallest absolute Gasteiger partial charge is 0.337 e. The Morgan fingerprint density at radius 1 is 0.500 bits per heavy atom. The number of esters is 2. The number of nitrogens with one attached hydrogen (secondary N) is 2. The molecule has 0 bridgehead atoms. The van der Waals surface area contributed by atoms with Crippen molar-refractivity contribution in [3.05, 3.63) is 95.1 Å². The highest BCUT2D eigenvalue weighted by Crippen LogP contribution is 2.16. The highest BCUT2D eigenvalue weighted by molar-refractivity contribution is 6.06. The van der Waals surface area contributed by atoms with Crippen molar-refractivity contribution >= 4 is 35.1 Å². The maximum Gasteiger partial charge on any atom is 0.337 e. The van der Waals surface area contributed by atoms with Gasteiger partial charge in [-0.25, -0.2) is 9.59 Å². The number of benzene rings is 3. The van der Waals surface area contributed by atoms with Gasteiger partial charge in [0.2, 0.25) is 0 Å². The predicted molar refractivity (Wildman–Crippen MR) is 118 cm³/mol. The summed E-state index contributed by atoms with van der Waals surface area (Å²) in [6.07, 6.45) is 0. The van der Waals surface area contributed by atoms with E-state index in [1.807, 2.05) is 0 Å². The van der Waals surface area contributed by atoms with Crippen LogP contribution >= 0.6 is 0 Å². The van der Waals surface area contributed by atoms with Gasteiger partial charge in [-0.2, -0.15) is 0 Å². The Morgan fingerprint density at radius 3 is 1.06 bits per heavy atom. The highest BCUT2D eigenvalue weighted by atomic mass is 16.5. The van der Waals surface area contributed by atoms with Crippen LogP contribution in [0.3, 0.4) is 0 Å². The third-order valence-corrected chi connectivity index (χ3v) is 4.54. The minimum Gasteiger partial charge on any atom is -0.465 e. The molecule has 3 rings (SSSR count). The van der Waals surface area contributed by atoms with Crippen LogP contribution in [0.25, 0.3) is 0 Å². The molecule has 3 aromatic rings. The van der Waals surface area contributed by atoms with Crippen molar-refractivity contribution in [3.8, 4) is 0 Å². The number of methoxy groups -OCH3 is 2. The van der Waals surface area contributed by atoms with Crippen molar-refractivity contribution in [2.45, 2.75) is 0 Å². The van der Waals surface area contributed by atoms with Gasteiger partial charge in [-0.3, -0.25) is 9.59 Å². The number of amides is 2. The van der Waals surface area contributed by atoms with Gasteiger partial charge >= 0.3 is 11.9 Å². The van der Waals surface area contributed by atoms with Crippen LogP contribution in [0.4, 0.5) is 11.4 Å². The fraction of sp³-hybridized carbons (Fsp3) is 0.0833. The molecule has 0 aliphatic rings. The molecule has 8 heteroatoms. The van der Waals surface area contributed by atoms with Crippen LogP contribution in [0.1, 0.15) is 41.4 Å². The Morgan fingerprint density at radius 2 is 0.781 bits per heavy atom. The van der Waals surface area contributed by atoms with Gasteiger partial charge in [0.25, 0.3) is 11.8 Å². The van der Waals surface area contributed by atoms with E-state index >= 15 is 0 Å². The molecule has 0 radical (unpaired) electrons. The fourth-order valence-electron chi connectivity index (χ4n) is 2.79. The number of hydrogen-bond acceptors (Lipinski definition) is 6. The maximum absolute atomic E-state index is 12.4. The van der Waals surface area contributed by atoms with Gasteiger partial charge in [0.1, 0.15) is 0 Å². The third kappa shape index (κ3) is 5.37. The molecule has 0 saturated heterocycles. The average molecular weight is 432 g/mol. The number of hydrogen-bond donors (Lipinski definition) is 2.